The van der Waals surface area contributed by atoms with E-state index in [1.807, 2.05) is 0 Å². The van der Waals surface area contributed by atoms with Crippen molar-refractivity contribution in [3.05, 3.63) is 12.2 Å². The zero-order valence-corrected chi connectivity index (χ0v) is 12.8. The highest BCUT2D eigenvalue weighted by molar-refractivity contribution is 5.00. The maximum atomic E-state index is 4.47. The molecule has 0 amide bonds. The van der Waals surface area contributed by atoms with Crippen molar-refractivity contribution in [1.82, 2.24) is 20.1 Å². The molecular formula is C15H28N4. The lowest BCUT2D eigenvalue weighted by atomic mass is 9.75. The highest BCUT2D eigenvalue weighted by Crippen LogP contribution is 2.44. The molecule has 1 saturated carbocycles. The summed E-state index contributed by atoms with van der Waals surface area (Å²) in [5.74, 6) is 1.12. The summed E-state index contributed by atoms with van der Waals surface area (Å²) >= 11 is 0. The number of nitrogens with zero attached hydrogens (tertiary/aromatic N) is 3. The second-order valence-corrected chi connectivity index (χ2v) is 6.18. The number of hydrogen-bond acceptors (Lipinski definition) is 3. The minimum Gasteiger partial charge on any atom is -0.316 e. The molecule has 0 aliphatic heterocycles. The van der Waals surface area contributed by atoms with Crippen LogP contribution in [0.1, 0.15) is 64.7 Å². The van der Waals surface area contributed by atoms with Gasteiger partial charge in [-0.25, -0.2) is 9.67 Å². The molecule has 0 saturated heterocycles. The molecule has 0 radical (unpaired) electrons. The fraction of sp³-hybridized carbons (Fsp3) is 0.867. The summed E-state index contributed by atoms with van der Waals surface area (Å²) in [5, 5.41) is 7.92. The van der Waals surface area contributed by atoms with Gasteiger partial charge >= 0.3 is 0 Å². The molecule has 1 fully saturated rings. The molecule has 19 heavy (non-hydrogen) atoms. The average Bonchev–Trinajstić information content (AvgIpc) is 3.05. The van der Waals surface area contributed by atoms with E-state index in [9.17, 15) is 0 Å². The van der Waals surface area contributed by atoms with E-state index in [1.54, 1.807) is 6.33 Å². The monoisotopic (exact) mass is 264 g/mol. The summed E-state index contributed by atoms with van der Waals surface area (Å²) in [6.07, 6.45) is 9.40. The molecule has 4 heteroatoms. The van der Waals surface area contributed by atoms with E-state index in [0.29, 0.717) is 17.5 Å². The van der Waals surface area contributed by atoms with Crippen molar-refractivity contribution in [2.75, 3.05) is 7.05 Å². The SMILES string of the molecule is CCC1(C(Cc2ncnn2C(C)C)NC)CCCC1. The van der Waals surface area contributed by atoms with Crippen LogP contribution in [0.4, 0.5) is 0 Å². The molecule has 1 heterocycles. The van der Waals surface area contributed by atoms with Gasteiger partial charge in [-0.15, -0.1) is 0 Å². The Morgan fingerprint density at radius 3 is 2.58 bits per heavy atom. The van der Waals surface area contributed by atoms with E-state index < -0.39 is 0 Å². The number of aromatic nitrogens is 3. The normalized spacial score (nSPS) is 20.1. The average molecular weight is 264 g/mol. The lowest BCUT2D eigenvalue weighted by molar-refractivity contribution is 0.188. The highest BCUT2D eigenvalue weighted by Gasteiger charge is 2.39. The molecule has 1 aliphatic rings. The first-order valence-electron chi connectivity index (χ1n) is 7.68. The summed E-state index contributed by atoms with van der Waals surface area (Å²) in [6.45, 7) is 6.66. The molecule has 0 spiro atoms. The minimum absolute atomic E-state index is 0.385. The van der Waals surface area contributed by atoms with E-state index in [0.717, 1.165) is 12.2 Å². The molecule has 1 aliphatic carbocycles. The molecule has 1 N–H and O–H groups in total. The van der Waals surface area contributed by atoms with Gasteiger partial charge in [0, 0.05) is 18.5 Å². The summed E-state index contributed by atoms with van der Waals surface area (Å²) in [6, 6.07) is 0.901. The zero-order chi connectivity index (χ0) is 13.9. The van der Waals surface area contributed by atoms with Crippen LogP contribution in [0.3, 0.4) is 0 Å². The maximum Gasteiger partial charge on any atom is 0.138 e. The van der Waals surface area contributed by atoms with Crippen LogP contribution in [0.15, 0.2) is 6.33 Å². The Hall–Kier alpha value is -0.900. The van der Waals surface area contributed by atoms with E-state index in [-0.39, 0.29) is 0 Å². The summed E-state index contributed by atoms with van der Waals surface area (Å²) in [7, 11) is 2.09. The van der Waals surface area contributed by atoms with Crippen molar-refractivity contribution in [3.8, 4) is 0 Å². The Morgan fingerprint density at radius 1 is 1.37 bits per heavy atom. The van der Waals surface area contributed by atoms with Gasteiger partial charge in [-0.05, 0) is 45.6 Å². The second kappa shape index (κ2) is 6.04. The van der Waals surface area contributed by atoms with Crippen molar-refractivity contribution in [1.29, 1.82) is 0 Å². The van der Waals surface area contributed by atoms with Crippen LogP contribution in [-0.4, -0.2) is 27.9 Å². The molecule has 0 bridgehead atoms. The fourth-order valence-electron chi connectivity index (χ4n) is 3.69. The molecule has 4 nitrogen and oxygen atoms in total. The van der Waals surface area contributed by atoms with Crippen LogP contribution < -0.4 is 5.32 Å². The van der Waals surface area contributed by atoms with Gasteiger partial charge in [0.1, 0.15) is 12.2 Å². The van der Waals surface area contributed by atoms with E-state index in [4.69, 9.17) is 0 Å². The van der Waals surface area contributed by atoms with Crippen LogP contribution in [0.5, 0.6) is 0 Å². The molecule has 1 aromatic rings. The Labute approximate surface area is 117 Å². The topological polar surface area (TPSA) is 42.7 Å². The highest BCUT2D eigenvalue weighted by atomic mass is 15.3. The van der Waals surface area contributed by atoms with Gasteiger partial charge in [0.05, 0.1) is 0 Å². The first-order chi connectivity index (χ1) is 9.13. The van der Waals surface area contributed by atoms with E-state index >= 15 is 0 Å². The molecule has 2 rings (SSSR count). The van der Waals surface area contributed by atoms with Crippen LogP contribution in [0.25, 0.3) is 0 Å². The molecule has 108 valence electrons. The van der Waals surface area contributed by atoms with Gasteiger partial charge in [-0.1, -0.05) is 19.8 Å². The molecule has 1 aromatic heterocycles. The lowest BCUT2D eigenvalue weighted by Gasteiger charge is -2.36. The predicted molar refractivity (Wildman–Crippen MR) is 78.2 cm³/mol. The van der Waals surface area contributed by atoms with Crippen molar-refractivity contribution < 1.29 is 0 Å². The van der Waals surface area contributed by atoms with E-state index in [1.165, 1.54) is 32.1 Å². The largest absolute Gasteiger partial charge is 0.316 e. The van der Waals surface area contributed by atoms with Crippen LogP contribution in [0.2, 0.25) is 0 Å². The first-order valence-corrected chi connectivity index (χ1v) is 7.68. The minimum atomic E-state index is 0.385. The molecule has 1 unspecified atom stereocenters. The summed E-state index contributed by atoms with van der Waals surface area (Å²) < 4.78 is 2.06. The van der Waals surface area contributed by atoms with Gasteiger partial charge in [0.2, 0.25) is 0 Å². The molecular weight excluding hydrogens is 236 g/mol. The van der Waals surface area contributed by atoms with Gasteiger partial charge < -0.3 is 5.32 Å². The number of likely N-dealkylation sites (N-methyl/N-ethyl adjacent to an activating group) is 1. The smallest absolute Gasteiger partial charge is 0.138 e. The third-order valence-electron chi connectivity index (χ3n) is 4.91. The van der Waals surface area contributed by atoms with Crippen molar-refractivity contribution in [3.63, 3.8) is 0 Å². The molecule has 0 aromatic carbocycles. The van der Waals surface area contributed by atoms with Gasteiger partial charge in [0.15, 0.2) is 0 Å². The third-order valence-corrected chi connectivity index (χ3v) is 4.91. The summed E-state index contributed by atoms with van der Waals surface area (Å²) in [4.78, 5) is 4.47. The number of rotatable bonds is 6. The van der Waals surface area contributed by atoms with Gasteiger partial charge in [-0.2, -0.15) is 5.10 Å². The quantitative estimate of drug-likeness (QED) is 0.859. The Kier molecular flexibility index (Phi) is 4.61. The standard InChI is InChI=1S/C15H28N4/c1-5-15(8-6-7-9-15)13(16-4)10-14-17-11-18-19(14)12(2)3/h11-13,16H,5-10H2,1-4H3. The summed E-state index contributed by atoms with van der Waals surface area (Å²) in [5.41, 5.74) is 0.461. The lowest BCUT2D eigenvalue weighted by Crippen LogP contribution is -2.44. The van der Waals surface area contributed by atoms with E-state index in [2.05, 4.69) is 47.9 Å². The van der Waals surface area contributed by atoms with Crippen LogP contribution in [-0.2, 0) is 6.42 Å². The zero-order valence-electron chi connectivity index (χ0n) is 12.8. The van der Waals surface area contributed by atoms with Gasteiger partial charge in [0.25, 0.3) is 0 Å². The van der Waals surface area contributed by atoms with Crippen LogP contribution >= 0.6 is 0 Å². The Bertz CT molecular complexity index is 391. The van der Waals surface area contributed by atoms with Crippen LogP contribution in [0, 0.1) is 5.41 Å². The first kappa shape index (κ1) is 14.5. The van der Waals surface area contributed by atoms with Crippen molar-refractivity contribution in [2.45, 2.75) is 71.4 Å². The van der Waals surface area contributed by atoms with Crippen molar-refractivity contribution in [2.24, 2.45) is 5.41 Å². The molecule has 1 atom stereocenters. The number of nitrogens with one attached hydrogen (secondary N) is 1. The predicted octanol–water partition coefficient (Wildman–Crippen LogP) is 2.96. The fourth-order valence-corrected chi connectivity index (χ4v) is 3.69. The van der Waals surface area contributed by atoms with Gasteiger partial charge in [-0.3, -0.25) is 0 Å². The third kappa shape index (κ3) is 2.83. The Balaban J connectivity index is 2.16. The van der Waals surface area contributed by atoms with Crippen molar-refractivity contribution >= 4 is 0 Å². The number of hydrogen-bond donors (Lipinski definition) is 1. The Morgan fingerprint density at radius 2 is 2.05 bits per heavy atom. The maximum absolute atomic E-state index is 4.47. The second-order valence-electron chi connectivity index (χ2n) is 6.18.